The Kier molecular flexibility index (Phi) is 7.70. The summed E-state index contributed by atoms with van der Waals surface area (Å²) >= 11 is 5.99. The number of hydrogen-bond donors (Lipinski definition) is 2. The van der Waals surface area contributed by atoms with Crippen LogP contribution in [0.5, 0.6) is 5.75 Å². The van der Waals surface area contributed by atoms with Gasteiger partial charge in [-0.2, -0.15) is 0 Å². The highest BCUT2D eigenvalue weighted by Gasteiger charge is 2.23. The van der Waals surface area contributed by atoms with Crippen LogP contribution in [-0.4, -0.2) is 56.2 Å². The number of nitrogens with one attached hydrogen (secondary N) is 1. The van der Waals surface area contributed by atoms with Crippen LogP contribution >= 0.6 is 11.6 Å². The third kappa shape index (κ3) is 5.86. The molecule has 0 unspecified atom stereocenters. The van der Waals surface area contributed by atoms with Gasteiger partial charge in [0.1, 0.15) is 23.7 Å². The number of hydrogen-bond acceptors (Lipinski definition) is 6. The molecule has 1 amide bonds. The number of anilines is 1. The Bertz CT molecular complexity index is 948. The second kappa shape index (κ2) is 10.5. The Morgan fingerprint density at radius 3 is 2.61 bits per heavy atom. The van der Waals surface area contributed by atoms with Gasteiger partial charge in [-0.3, -0.25) is 9.69 Å². The van der Waals surface area contributed by atoms with Crippen molar-refractivity contribution < 1.29 is 23.5 Å². The van der Waals surface area contributed by atoms with Gasteiger partial charge in [0.05, 0.1) is 23.4 Å². The molecule has 0 radical (unpaired) electrons. The molecule has 1 aliphatic rings. The monoisotopic (exact) mass is 449 g/mol. The lowest BCUT2D eigenvalue weighted by molar-refractivity contribution is 0.0440. The van der Waals surface area contributed by atoms with Crippen LogP contribution in [0, 0.1) is 5.82 Å². The van der Waals surface area contributed by atoms with Crippen molar-refractivity contribution in [1.29, 1.82) is 0 Å². The van der Waals surface area contributed by atoms with Crippen molar-refractivity contribution in [3.05, 3.63) is 58.4 Å². The molecule has 7 nitrogen and oxygen atoms in total. The zero-order chi connectivity index (χ0) is 22.4. The maximum absolute atomic E-state index is 13.7. The van der Waals surface area contributed by atoms with E-state index in [4.69, 9.17) is 26.8 Å². The number of rotatable bonds is 7. The van der Waals surface area contributed by atoms with Gasteiger partial charge in [-0.05, 0) is 31.0 Å². The Morgan fingerprint density at radius 1 is 1.23 bits per heavy atom. The zero-order valence-corrected chi connectivity index (χ0v) is 18.0. The van der Waals surface area contributed by atoms with Crippen molar-refractivity contribution in [2.24, 2.45) is 0 Å². The summed E-state index contributed by atoms with van der Waals surface area (Å²) in [4.78, 5) is 26.8. The van der Waals surface area contributed by atoms with E-state index in [2.05, 4.69) is 10.2 Å². The molecule has 0 atom stereocenters. The molecule has 0 aliphatic carbocycles. The largest absolute Gasteiger partial charge is 0.496 e. The fourth-order valence-corrected chi connectivity index (χ4v) is 3.62. The first kappa shape index (κ1) is 22.8. The molecule has 2 aromatic carbocycles. The summed E-state index contributed by atoms with van der Waals surface area (Å²) in [7, 11) is 1.44. The lowest BCUT2D eigenvalue weighted by Gasteiger charge is -2.32. The van der Waals surface area contributed by atoms with Crippen molar-refractivity contribution >= 4 is 29.2 Å². The van der Waals surface area contributed by atoms with Crippen LogP contribution in [0.2, 0.25) is 5.02 Å². The van der Waals surface area contributed by atoms with Gasteiger partial charge < -0.3 is 20.5 Å². The van der Waals surface area contributed by atoms with E-state index in [-0.39, 0.29) is 28.8 Å². The van der Waals surface area contributed by atoms with E-state index in [9.17, 15) is 14.0 Å². The average Bonchev–Trinajstić information content (AvgIpc) is 2.76. The standard InChI is InChI=1S/C22H25ClFN3O4/c1-30-20-13-19(25)17(23)12-16(20)22(29)31-11-10-27-8-6-14(7-9-27)26-21(28)15-4-2-3-5-18(15)24/h2-5,12-14H,6-11,25H2,1H3,(H,26,28). The number of piperidine rings is 1. The fourth-order valence-electron chi connectivity index (χ4n) is 3.45. The molecule has 9 heteroatoms. The van der Waals surface area contributed by atoms with Crippen molar-refractivity contribution in [3.63, 3.8) is 0 Å². The quantitative estimate of drug-likeness (QED) is 0.498. The molecule has 3 N–H and O–H groups in total. The predicted octanol–water partition coefficient (Wildman–Crippen LogP) is 3.12. The molecule has 1 saturated heterocycles. The Balaban J connectivity index is 1.43. The maximum Gasteiger partial charge on any atom is 0.342 e. The van der Waals surface area contributed by atoms with E-state index >= 15 is 0 Å². The number of ether oxygens (including phenoxy) is 2. The first-order valence-corrected chi connectivity index (χ1v) is 10.3. The van der Waals surface area contributed by atoms with E-state index in [0.29, 0.717) is 18.0 Å². The van der Waals surface area contributed by atoms with Gasteiger partial charge in [-0.25, -0.2) is 9.18 Å². The van der Waals surface area contributed by atoms with Gasteiger partial charge in [0, 0.05) is 31.7 Å². The van der Waals surface area contributed by atoms with Crippen LogP contribution in [0.3, 0.4) is 0 Å². The van der Waals surface area contributed by atoms with Gasteiger partial charge in [0.2, 0.25) is 0 Å². The molecule has 0 bridgehead atoms. The van der Waals surface area contributed by atoms with Crippen molar-refractivity contribution in [2.45, 2.75) is 18.9 Å². The number of benzene rings is 2. The molecule has 3 rings (SSSR count). The van der Waals surface area contributed by atoms with Gasteiger partial charge >= 0.3 is 5.97 Å². The third-order valence-corrected chi connectivity index (χ3v) is 5.55. The number of nitrogens with zero attached hydrogens (tertiary/aromatic N) is 1. The highest BCUT2D eigenvalue weighted by molar-refractivity contribution is 6.33. The molecule has 0 saturated carbocycles. The van der Waals surface area contributed by atoms with Crippen LogP contribution in [0.15, 0.2) is 36.4 Å². The molecule has 0 spiro atoms. The number of methoxy groups -OCH3 is 1. The smallest absolute Gasteiger partial charge is 0.342 e. The second-order valence-electron chi connectivity index (χ2n) is 7.28. The molecular weight excluding hydrogens is 425 g/mol. The summed E-state index contributed by atoms with van der Waals surface area (Å²) in [6.45, 7) is 2.23. The Hall–Kier alpha value is -2.84. The minimum absolute atomic E-state index is 0.0212. The summed E-state index contributed by atoms with van der Waals surface area (Å²) in [5, 5.41) is 3.14. The summed E-state index contributed by atoms with van der Waals surface area (Å²) in [5.74, 6) is -1.16. The topological polar surface area (TPSA) is 93.9 Å². The first-order chi connectivity index (χ1) is 14.9. The number of carbonyl (C=O) groups is 2. The number of nitrogen functional groups attached to an aromatic ring is 1. The van der Waals surface area contributed by atoms with E-state index < -0.39 is 17.7 Å². The van der Waals surface area contributed by atoms with E-state index in [0.717, 1.165) is 25.9 Å². The van der Waals surface area contributed by atoms with E-state index in [1.54, 1.807) is 12.1 Å². The molecule has 0 aromatic heterocycles. The number of carbonyl (C=O) groups excluding carboxylic acids is 2. The van der Waals surface area contributed by atoms with Crippen LogP contribution in [0.25, 0.3) is 0 Å². The molecule has 166 valence electrons. The lowest BCUT2D eigenvalue weighted by Crippen LogP contribution is -2.45. The first-order valence-electron chi connectivity index (χ1n) is 9.97. The number of amides is 1. The summed E-state index contributed by atoms with van der Waals surface area (Å²) < 4.78 is 24.3. The van der Waals surface area contributed by atoms with Gasteiger partial charge in [0.25, 0.3) is 5.91 Å². The van der Waals surface area contributed by atoms with Crippen LogP contribution in [-0.2, 0) is 4.74 Å². The normalized spacial score (nSPS) is 14.8. The van der Waals surface area contributed by atoms with Crippen molar-refractivity contribution in [1.82, 2.24) is 10.2 Å². The second-order valence-corrected chi connectivity index (χ2v) is 7.69. The van der Waals surface area contributed by atoms with Crippen molar-refractivity contribution in [3.8, 4) is 5.75 Å². The van der Waals surface area contributed by atoms with Crippen molar-refractivity contribution in [2.75, 3.05) is 39.1 Å². The fraction of sp³-hybridized carbons (Fsp3) is 0.364. The summed E-state index contributed by atoms with van der Waals surface area (Å²) in [6, 6.07) is 8.82. The highest BCUT2D eigenvalue weighted by Crippen LogP contribution is 2.29. The maximum atomic E-state index is 13.7. The summed E-state index contributed by atoms with van der Waals surface area (Å²) in [6.07, 6.45) is 1.46. The number of likely N-dealkylation sites (tertiary alicyclic amines) is 1. The lowest BCUT2D eigenvalue weighted by atomic mass is 10.0. The minimum atomic E-state index is -0.536. The van der Waals surface area contributed by atoms with E-state index in [1.165, 1.54) is 31.4 Å². The highest BCUT2D eigenvalue weighted by atomic mass is 35.5. The third-order valence-electron chi connectivity index (χ3n) is 5.22. The molecule has 1 fully saturated rings. The zero-order valence-electron chi connectivity index (χ0n) is 17.2. The minimum Gasteiger partial charge on any atom is -0.496 e. The van der Waals surface area contributed by atoms with Crippen LogP contribution < -0.4 is 15.8 Å². The Morgan fingerprint density at radius 2 is 1.94 bits per heavy atom. The molecule has 1 aliphatic heterocycles. The molecule has 31 heavy (non-hydrogen) atoms. The number of esters is 1. The SMILES string of the molecule is COc1cc(N)c(Cl)cc1C(=O)OCCN1CCC(NC(=O)c2ccccc2F)CC1. The summed E-state index contributed by atoms with van der Waals surface area (Å²) in [5.41, 5.74) is 6.32. The van der Waals surface area contributed by atoms with E-state index in [1.807, 2.05) is 0 Å². The molecular formula is C22H25ClFN3O4. The Labute approximate surface area is 185 Å². The number of halogens is 2. The van der Waals surface area contributed by atoms with Gasteiger partial charge in [-0.15, -0.1) is 0 Å². The number of nitrogens with two attached hydrogens (primary N) is 1. The molecule has 2 aromatic rings. The predicted molar refractivity (Wildman–Crippen MR) is 116 cm³/mol. The van der Waals surface area contributed by atoms with Gasteiger partial charge in [-0.1, -0.05) is 23.7 Å². The van der Waals surface area contributed by atoms with Crippen LogP contribution in [0.4, 0.5) is 10.1 Å². The average molecular weight is 450 g/mol. The molecule has 1 heterocycles. The van der Waals surface area contributed by atoms with Crippen LogP contribution in [0.1, 0.15) is 33.6 Å². The van der Waals surface area contributed by atoms with Gasteiger partial charge in [0.15, 0.2) is 0 Å².